The molecule has 0 saturated heterocycles. The monoisotopic (exact) mass is 264 g/mol. The molecule has 3 N–H and O–H groups in total. The Kier molecular flexibility index (Phi) is 4.42. The van der Waals surface area contributed by atoms with E-state index in [1.807, 2.05) is 6.07 Å². The van der Waals surface area contributed by atoms with Gasteiger partial charge in [0.05, 0.1) is 13.2 Å². The van der Waals surface area contributed by atoms with E-state index in [1.54, 1.807) is 19.4 Å². The number of aliphatic hydroxyl groups excluding tert-OH is 1. The number of nitrogens with zero attached hydrogens (tertiary/aromatic N) is 1. The van der Waals surface area contributed by atoms with E-state index >= 15 is 0 Å². The Morgan fingerprint density at radius 3 is 2.84 bits per heavy atom. The summed E-state index contributed by atoms with van der Waals surface area (Å²) >= 11 is 0. The fraction of sp³-hybridized carbons (Fsp3) is 0.667. The Morgan fingerprint density at radius 1 is 1.58 bits per heavy atom. The highest BCUT2D eigenvalue weighted by Crippen LogP contribution is 2.50. The van der Waals surface area contributed by atoms with Crippen LogP contribution in [0.1, 0.15) is 44.3 Å². The zero-order valence-corrected chi connectivity index (χ0v) is 11.8. The molecular weight excluding hydrogens is 240 g/mol. The lowest BCUT2D eigenvalue weighted by molar-refractivity contribution is 0.0298. The molecule has 4 nitrogen and oxygen atoms in total. The second kappa shape index (κ2) is 5.88. The predicted molar refractivity (Wildman–Crippen MR) is 74.9 cm³/mol. The first-order valence-corrected chi connectivity index (χ1v) is 7.03. The molecule has 4 heteroatoms. The van der Waals surface area contributed by atoms with Gasteiger partial charge in [-0.25, -0.2) is 4.98 Å². The van der Waals surface area contributed by atoms with Gasteiger partial charge in [0.25, 0.3) is 0 Å². The Morgan fingerprint density at radius 2 is 2.37 bits per heavy atom. The topological polar surface area (TPSA) is 68.4 Å². The Labute approximate surface area is 115 Å². The molecule has 106 valence electrons. The van der Waals surface area contributed by atoms with E-state index in [0.29, 0.717) is 18.3 Å². The number of nitrogens with two attached hydrogens (primary N) is 1. The molecule has 1 aliphatic rings. The third-order valence-electron chi connectivity index (χ3n) is 4.59. The minimum Gasteiger partial charge on any atom is -0.481 e. The average molecular weight is 264 g/mol. The highest BCUT2D eigenvalue weighted by Gasteiger charge is 2.43. The van der Waals surface area contributed by atoms with Gasteiger partial charge in [-0.2, -0.15) is 0 Å². The summed E-state index contributed by atoms with van der Waals surface area (Å²) in [6.45, 7) is 2.73. The minimum absolute atomic E-state index is 0.184. The molecule has 3 atom stereocenters. The molecule has 19 heavy (non-hydrogen) atoms. The summed E-state index contributed by atoms with van der Waals surface area (Å²) in [5, 5.41) is 10.7. The predicted octanol–water partition coefficient (Wildman–Crippen LogP) is 2.28. The lowest BCUT2D eigenvalue weighted by Gasteiger charge is -2.33. The van der Waals surface area contributed by atoms with E-state index < -0.39 is 6.10 Å². The van der Waals surface area contributed by atoms with E-state index in [-0.39, 0.29) is 5.41 Å². The summed E-state index contributed by atoms with van der Waals surface area (Å²) < 4.78 is 5.04. The van der Waals surface area contributed by atoms with Gasteiger partial charge in [-0.15, -0.1) is 0 Å². The molecular formula is C15H24N2O2. The van der Waals surface area contributed by atoms with E-state index in [2.05, 4.69) is 11.9 Å². The van der Waals surface area contributed by atoms with Crippen molar-refractivity contribution in [2.24, 2.45) is 17.1 Å². The van der Waals surface area contributed by atoms with Crippen LogP contribution in [0.15, 0.2) is 18.3 Å². The van der Waals surface area contributed by atoms with Crippen LogP contribution in [0, 0.1) is 11.3 Å². The summed E-state index contributed by atoms with van der Waals surface area (Å²) in [4.78, 5) is 4.17. The van der Waals surface area contributed by atoms with Gasteiger partial charge in [0.15, 0.2) is 0 Å². The van der Waals surface area contributed by atoms with E-state index in [4.69, 9.17) is 10.5 Å². The fourth-order valence-corrected chi connectivity index (χ4v) is 3.19. The number of pyridine rings is 1. The number of aromatic nitrogens is 1. The van der Waals surface area contributed by atoms with Crippen molar-refractivity contribution in [3.05, 3.63) is 23.9 Å². The van der Waals surface area contributed by atoms with Crippen LogP contribution in [0.25, 0.3) is 0 Å². The molecule has 3 unspecified atom stereocenters. The molecule has 0 aromatic carbocycles. The molecule has 0 aliphatic heterocycles. The van der Waals surface area contributed by atoms with Crippen LogP contribution in [0.4, 0.5) is 0 Å². The number of aliphatic hydroxyl groups is 1. The molecule has 1 aromatic rings. The minimum atomic E-state index is -0.535. The summed E-state index contributed by atoms with van der Waals surface area (Å²) in [5.41, 5.74) is 6.63. The van der Waals surface area contributed by atoms with Gasteiger partial charge in [-0.05, 0) is 36.8 Å². The van der Waals surface area contributed by atoms with E-state index in [9.17, 15) is 5.11 Å². The van der Waals surface area contributed by atoms with Crippen LogP contribution in [0.5, 0.6) is 5.88 Å². The van der Waals surface area contributed by atoms with Gasteiger partial charge in [0.2, 0.25) is 5.88 Å². The maximum absolute atomic E-state index is 10.7. The first-order chi connectivity index (χ1) is 9.15. The van der Waals surface area contributed by atoms with Crippen molar-refractivity contribution in [2.75, 3.05) is 13.7 Å². The maximum Gasteiger partial charge on any atom is 0.212 e. The van der Waals surface area contributed by atoms with Gasteiger partial charge in [-0.1, -0.05) is 13.3 Å². The van der Waals surface area contributed by atoms with E-state index in [0.717, 1.165) is 31.2 Å². The third kappa shape index (κ3) is 2.74. The zero-order valence-electron chi connectivity index (χ0n) is 11.8. The molecule has 0 radical (unpaired) electrons. The van der Waals surface area contributed by atoms with Crippen molar-refractivity contribution >= 4 is 0 Å². The van der Waals surface area contributed by atoms with E-state index in [1.165, 1.54) is 0 Å². The zero-order chi connectivity index (χ0) is 13.9. The second-order valence-electron chi connectivity index (χ2n) is 5.62. The molecule has 0 spiro atoms. The molecule has 2 rings (SSSR count). The average Bonchev–Trinajstić information content (AvgIpc) is 2.91. The largest absolute Gasteiger partial charge is 0.481 e. The van der Waals surface area contributed by atoms with Gasteiger partial charge in [0, 0.05) is 24.2 Å². The fourth-order valence-electron chi connectivity index (χ4n) is 3.19. The SMILES string of the molecule is CCC1CCC(CN)(C(O)c2ccc(OC)nc2)C1. The molecule has 0 amide bonds. The first kappa shape index (κ1) is 14.3. The number of rotatable bonds is 5. The summed E-state index contributed by atoms with van der Waals surface area (Å²) in [6.07, 6.45) is 5.49. The van der Waals surface area contributed by atoms with Crippen molar-refractivity contribution < 1.29 is 9.84 Å². The molecule has 1 saturated carbocycles. The normalized spacial score (nSPS) is 28.3. The van der Waals surface area contributed by atoms with Crippen LogP contribution < -0.4 is 10.5 Å². The lowest BCUT2D eigenvalue weighted by Crippen LogP contribution is -2.34. The Balaban J connectivity index is 2.18. The Hall–Kier alpha value is -1.13. The van der Waals surface area contributed by atoms with Crippen LogP contribution >= 0.6 is 0 Å². The van der Waals surface area contributed by atoms with Crippen molar-refractivity contribution in [2.45, 2.75) is 38.7 Å². The number of hydrogen-bond donors (Lipinski definition) is 2. The first-order valence-electron chi connectivity index (χ1n) is 7.03. The van der Waals surface area contributed by atoms with Crippen molar-refractivity contribution in [1.82, 2.24) is 4.98 Å². The smallest absolute Gasteiger partial charge is 0.212 e. The maximum atomic E-state index is 10.7. The highest BCUT2D eigenvalue weighted by atomic mass is 16.5. The number of hydrogen-bond acceptors (Lipinski definition) is 4. The van der Waals surface area contributed by atoms with Crippen LogP contribution in [0.3, 0.4) is 0 Å². The van der Waals surface area contributed by atoms with Gasteiger partial charge in [0.1, 0.15) is 0 Å². The molecule has 1 aliphatic carbocycles. The molecule has 1 fully saturated rings. The number of ether oxygens (including phenoxy) is 1. The van der Waals surface area contributed by atoms with Crippen molar-refractivity contribution in [3.63, 3.8) is 0 Å². The lowest BCUT2D eigenvalue weighted by atomic mass is 9.77. The second-order valence-corrected chi connectivity index (χ2v) is 5.62. The number of methoxy groups -OCH3 is 1. The van der Waals surface area contributed by atoms with Crippen LogP contribution in [0.2, 0.25) is 0 Å². The Bertz CT molecular complexity index is 407. The van der Waals surface area contributed by atoms with Gasteiger partial charge in [-0.3, -0.25) is 0 Å². The van der Waals surface area contributed by atoms with Crippen molar-refractivity contribution in [1.29, 1.82) is 0 Å². The van der Waals surface area contributed by atoms with Crippen molar-refractivity contribution in [3.8, 4) is 5.88 Å². The summed E-state index contributed by atoms with van der Waals surface area (Å²) in [6, 6.07) is 3.67. The molecule has 1 heterocycles. The van der Waals surface area contributed by atoms with Gasteiger partial charge < -0.3 is 15.6 Å². The molecule has 0 bridgehead atoms. The molecule has 1 aromatic heterocycles. The van der Waals surface area contributed by atoms with Crippen LogP contribution in [-0.4, -0.2) is 23.7 Å². The van der Waals surface area contributed by atoms with Gasteiger partial charge >= 0.3 is 0 Å². The summed E-state index contributed by atoms with van der Waals surface area (Å²) in [5.74, 6) is 1.25. The quantitative estimate of drug-likeness (QED) is 0.856. The highest BCUT2D eigenvalue weighted by molar-refractivity contribution is 5.22. The van der Waals surface area contributed by atoms with Crippen LogP contribution in [-0.2, 0) is 0 Å². The standard InChI is InChI=1S/C15H24N2O2/c1-3-11-6-7-15(8-11,10-16)14(18)12-4-5-13(19-2)17-9-12/h4-5,9,11,14,18H,3,6-8,10,16H2,1-2H3. The summed E-state index contributed by atoms with van der Waals surface area (Å²) in [7, 11) is 1.59. The third-order valence-corrected chi connectivity index (χ3v) is 4.59.